The molecule has 0 atom stereocenters. The van der Waals surface area contributed by atoms with Gasteiger partial charge in [-0.25, -0.2) is 8.42 Å². The highest BCUT2D eigenvalue weighted by Crippen LogP contribution is 2.39. The predicted octanol–water partition coefficient (Wildman–Crippen LogP) is 5.37. The minimum absolute atomic E-state index is 0.235. The maximum atomic E-state index is 13.2. The van der Waals surface area contributed by atoms with E-state index in [-0.39, 0.29) is 11.2 Å². The molecule has 192 valence electrons. The summed E-state index contributed by atoms with van der Waals surface area (Å²) in [7, 11) is -3.42. The van der Waals surface area contributed by atoms with Crippen LogP contribution in [0.1, 0.15) is 43.4 Å². The van der Waals surface area contributed by atoms with E-state index >= 15 is 0 Å². The summed E-state index contributed by atoms with van der Waals surface area (Å²) in [4.78, 5) is 15.6. The van der Waals surface area contributed by atoms with Crippen molar-refractivity contribution >= 4 is 44.3 Å². The monoisotopic (exact) mass is 516 g/mol. The Bertz CT molecular complexity index is 1430. The molecular weight excluding hydrogens is 484 g/mol. The number of nitrogens with zero attached hydrogens (tertiary/aromatic N) is 1. The molecule has 0 unspecified atom stereocenters. The van der Waals surface area contributed by atoms with Crippen molar-refractivity contribution in [3.8, 4) is 0 Å². The van der Waals surface area contributed by atoms with E-state index in [1.54, 1.807) is 18.2 Å². The van der Waals surface area contributed by atoms with E-state index < -0.39 is 10.0 Å². The van der Waals surface area contributed by atoms with Crippen LogP contribution in [0, 0.1) is 0 Å². The van der Waals surface area contributed by atoms with Crippen LogP contribution in [0.3, 0.4) is 0 Å². The standard InChI is InChI=1S/C29H32N4O3S/c1-3-33(4-2)19-20-10-12-22(13-11-20)30-28(21-8-6-5-7-9-21)27-25-18-23(14-17-26(25)31-29(27)34)32-37(35,36)24-15-16-24/h5-14,17-18,24,30,32H,3-4,15-16,19H2,1-2H3,(H,31,34)/b28-27-. The fourth-order valence-corrected chi connectivity index (χ4v) is 5.91. The molecular formula is C29H32N4O3S. The van der Waals surface area contributed by atoms with E-state index in [9.17, 15) is 13.2 Å². The summed E-state index contributed by atoms with van der Waals surface area (Å²) in [5.74, 6) is -0.235. The summed E-state index contributed by atoms with van der Waals surface area (Å²) >= 11 is 0. The van der Waals surface area contributed by atoms with Crippen molar-refractivity contribution < 1.29 is 13.2 Å². The van der Waals surface area contributed by atoms with Crippen LogP contribution in [-0.4, -0.2) is 37.6 Å². The molecule has 0 bridgehead atoms. The number of carbonyl (C=O) groups excluding carboxylic acids is 1. The quantitative estimate of drug-likeness (QED) is 0.316. The van der Waals surface area contributed by atoms with E-state index in [2.05, 4.69) is 46.2 Å². The van der Waals surface area contributed by atoms with Crippen LogP contribution in [0.4, 0.5) is 17.1 Å². The minimum Gasteiger partial charge on any atom is -0.354 e. The molecule has 2 aliphatic rings. The second-order valence-corrected chi connectivity index (χ2v) is 11.4. The highest BCUT2D eigenvalue weighted by Gasteiger charge is 2.36. The lowest BCUT2D eigenvalue weighted by molar-refractivity contribution is -0.110. The Morgan fingerprint density at radius 2 is 1.62 bits per heavy atom. The van der Waals surface area contributed by atoms with Crippen molar-refractivity contribution in [2.75, 3.05) is 28.4 Å². The zero-order chi connectivity index (χ0) is 26.0. The van der Waals surface area contributed by atoms with E-state index in [1.165, 1.54) is 5.56 Å². The second-order valence-electron chi connectivity index (χ2n) is 9.46. The van der Waals surface area contributed by atoms with E-state index in [1.807, 2.05) is 42.5 Å². The van der Waals surface area contributed by atoms with Gasteiger partial charge in [0.1, 0.15) is 0 Å². The van der Waals surface area contributed by atoms with Crippen LogP contribution >= 0.6 is 0 Å². The maximum Gasteiger partial charge on any atom is 0.258 e. The third kappa shape index (κ3) is 5.55. The summed E-state index contributed by atoms with van der Waals surface area (Å²) in [5, 5.41) is 6.08. The Morgan fingerprint density at radius 1 is 0.946 bits per heavy atom. The smallest absolute Gasteiger partial charge is 0.258 e. The van der Waals surface area contributed by atoms with Gasteiger partial charge in [0.25, 0.3) is 5.91 Å². The molecule has 3 N–H and O–H groups in total. The lowest BCUT2D eigenvalue weighted by Gasteiger charge is -2.19. The first-order valence-corrected chi connectivity index (χ1v) is 14.3. The molecule has 8 heteroatoms. The van der Waals surface area contributed by atoms with Gasteiger partial charge in [0.2, 0.25) is 10.0 Å². The summed E-state index contributed by atoms with van der Waals surface area (Å²) in [6.45, 7) is 7.19. The topological polar surface area (TPSA) is 90.5 Å². The number of benzene rings is 3. The van der Waals surface area contributed by atoms with Crippen LogP contribution in [-0.2, 0) is 21.4 Å². The SMILES string of the molecule is CCN(CC)Cc1ccc(N/C(=C2\C(=O)Nc3ccc(NS(=O)(=O)C4CC4)cc32)c2ccccc2)cc1. The largest absolute Gasteiger partial charge is 0.354 e. The summed E-state index contributed by atoms with van der Waals surface area (Å²) in [6.07, 6.45) is 1.36. The maximum absolute atomic E-state index is 13.2. The third-order valence-corrected chi connectivity index (χ3v) is 8.69. The van der Waals surface area contributed by atoms with Gasteiger partial charge in [-0.05, 0) is 67.4 Å². The number of rotatable bonds is 10. The van der Waals surface area contributed by atoms with Gasteiger partial charge in [-0.15, -0.1) is 0 Å². The van der Waals surface area contributed by atoms with Gasteiger partial charge in [-0.2, -0.15) is 0 Å². The number of carbonyl (C=O) groups is 1. The van der Waals surface area contributed by atoms with Crippen LogP contribution in [0.25, 0.3) is 11.3 Å². The normalized spacial score (nSPS) is 16.4. The van der Waals surface area contributed by atoms with Gasteiger partial charge >= 0.3 is 0 Å². The Kier molecular flexibility index (Phi) is 7.04. The van der Waals surface area contributed by atoms with Gasteiger partial charge in [0.05, 0.1) is 16.5 Å². The molecule has 1 aliphatic heterocycles. The molecule has 0 aromatic heterocycles. The van der Waals surface area contributed by atoms with Gasteiger partial charge < -0.3 is 10.6 Å². The lowest BCUT2D eigenvalue weighted by atomic mass is 9.99. The van der Waals surface area contributed by atoms with Crippen LogP contribution in [0.5, 0.6) is 0 Å². The molecule has 7 nitrogen and oxygen atoms in total. The Hall–Kier alpha value is -3.62. The molecule has 0 saturated heterocycles. The highest BCUT2D eigenvalue weighted by atomic mass is 32.2. The first kappa shape index (κ1) is 25.0. The minimum atomic E-state index is -3.42. The molecule has 3 aromatic rings. The van der Waals surface area contributed by atoms with Crippen molar-refractivity contribution in [1.82, 2.24) is 4.90 Å². The highest BCUT2D eigenvalue weighted by molar-refractivity contribution is 7.93. The molecule has 1 aliphatic carbocycles. The molecule has 1 heterocycles. The number of amides is 1. The van der Waals surface area contributed by atoms with E-state index in [0.29, 0.717) is 41.1 Å². The molecule has 3 aromatic carbocycles. The van der Waals surface area contributed by atoms with Crippen molar-refractivity contribution in [1.29, 1.82) is 0 Å². The zero-order valence-corrected chi connectivity index (χ0v) is 21.9. The summed E-state index contributed by atoms with van der Waals surface area (Å²) in [5.41, 5.74) is 5.84. The Morgan fingerprint density at radius 3 is 2.27 bits per heavy atom. The fourth-order valence-electron chi connectivity index (χ4n) is 4.53. The van der Waals surface area contributed by atoms with Gasteiger partial charge in [0.15, 0.2) is 0 Å². The van der Waals surface area contributed by atoms with Crippen molar-refractivity contribution in [3.05, 3.63) is 89.5 Å². The number of nitrogens with one attached hydrogen (secondary N) is 3. The van der Waals surface area contributed by atoms with Gasteiger partial charge in [-0.1, -0.05) is 56.3 Å². The average Bonchev–Trinajstić information content (AvgIpc) is 3.72. The zero-order valence-electron chi connectivity index (χ0n) is 21.1. The molecule has 0 radical (unpaired) electrons. The van der Waals surface area contributed by atoms with E-state index in [0.717, 1.165) is 30.9 Å². The lowest BCUT2D eigenvalue weighted by Crippen LogP contribution is -2.22. The molecule has 1 saturated carbocycles. The van der Waals surface area contributed by atoms with Gasteiger partial charge in [0, 0.05) is 29.2 Å². The van der Waals surface area contributed by atoms with Crippen molar-refractivity contribution in [2.24, 2.45) is 0 Å². The summed E-state index contributed by atoms with van der Waals surface area (Å²) in [6, 6.07) is 23.1. The molecule has 37 heavy (non-hydrogen) atoms. The Labute approximate surface area is 218 Å². The Balaban J connectivity index is 1.52. The van der Waals surface area contributed by atoms with E-state index in [4.69, 9.17) is 0 Å². The van der Waals surface area contributed by atoms with Crippen LogP contribution < -0.4 is 15.4 Å². The van der Waals surface area contributed by atoms with Crippen molar-refractivity contribution in [3.63, 3.8) is 0 Å². The predicted molar refractivity (Wildman–Crippen MR) is 151 cm³/mol. The first-order chi connectivity index (χ1) is 17.9. The molecule has 1 amide bonds. The molecule has 1 fully saturated rings. The van der Waals surface area contributed by atoms with Crippen molar-refractivity contribution in [2.45, 2.75) is 38.5 Å². The number of sulfonamides is 1. The fraction of sp³-hybridized carbons (Fsp3) is 0.276. The molecule has 5 rings (SSSR count). The number of hydrogen-bond acceptors (Lipinski definition) is 5. The number of fused-ring (bicyclic) bond motifs is 1. The first-order valence-electron chi connectivity index (χ1n) is 12.7. The summed E-state index contributed by atoms with van der Waals surface area (Å²) < 4.78 is 27.7. The number of anilines is 3. The molecule has 0 spiro atoms. The van der Waals surface area contributed by atoms with Crippen LogP contribution in [0.2, 0.25) is 0 Å². The third-order valence-electron chi connectivity index (χ3n) is 6.82. The second kappa shape index (κ2) is 10.4. The van der Waals surface area contributed by atoms with Gasteiger partial charge in [-0.3, -0.25) is 14.4 Å². The van der Waals surface area contributed by atoms with Crippen LogP contribution in [0.15, 0.2) is 72.8 Å². The average molecular weight is 517 g/mol. The number of hydrogen-bond donors (Lipinski definition) is 3.